The lowest BCUT2D eigenvalue weighted by molar-refractivity contribution is 0.379. The molecule has 0 aliphatic carbocycles. The van der Waals surface area contributed by atoms with Crippen LogP contribution in [0, 0.1) is 0 Å². The normalized spacial score (nSPS) is 22.4. The molecule has 4 nitrogen and oxygen atoms in total. The van der Waals surface area contributed by atoms with Gasteiger partial charge >= 0.3 is 10.3 Å². The molecule has 0 spiro atoms. The topological polar surface area (TPSA) is 57.6 Å². The molecule has 1 aliphatic heterocycles. The van der Waals surface area contributed by atoms with E-state index < -0.39 is 10.3 Å². The first-order valence-electron chi connectivity index (χ1n) is 5.03. The molecule has 2 rings (SSSR count). The van der Waals surface area contributed by atoms with Gasteiger partial charge in [-0.15, -0.1) is 11.8 Å². The van der Waals surface area contributed by atoms with Gasteiger partial charge in [0, 0.05) is 11.4 Å². The zero-order valence-corrected chi connectivity index (χ0v) is 10.2. The lowest BCUT2D eigenvalue weighted by atomic mass is 10.4. The highest BCUT2D eigenvalue weighted by Crippen LogP contribution is 2.33. The van der Waals surface area contributed by atoms with E-state index in [9.17, 15) is 8.42 Å². The van der Waals surface area contributed by atoms with E-state index in [1.165, 1.54) is 11.8 Å². The van der Waals surface area contributed by atoms with Crippen LogP contribution in [0.3, 0.4) is 0 Å². The van der Waals surface area contributed by atoms with E-state index in [0.717, 1.165) is 22.0 Å². The smallest absolute Gasteiger partial charge is 0.273 e. The Hall–Kier alpha value is -0.560. The number of benzene rings is 1. The first-order valence-corrected chi connectivity index (χ1v) is 7.31. The lowest BCUT2D eigenvalue weighted by Gasteiger charge is -2.19. The van der Waals surface area contributed by atoms with Crippen LogP contribution in [-0.2, 0) is 10.3 Å². The van der Waals surface area contributed by atoms with Crippen molar-refractivity contribution in [1.82, 2.24) is 4.31 Å². The Bertz CT molecular complexity index is 446. The molecule has 1 aliphatic rings. The second-order valence-corrected chi connectivity index (χ2v) is 6.23. The monoisotopic (exact) mass is 259 g/mol. The first kappa shape index (κ1) is 11.9. The fourth-order valence-corrected chi connectivity index (χ4v) is 4.10. The third-order valence-corrected chi connectivity index (χ3v) is 4.93. The summed E-state index contributed by atoms with van der Waals surface area (Å²) in [5.41, 5.74) is 0. The molecule has 0 saturated carbocycles. The van der Waals surface area contributed by atoms with Crippen molar-refractivity contribution in [2.45, 2.75) is 23.1 Å². The van der Waals surface area contributed by atoms with Crippen LogP contribution < -0.4 is 0 Å². The Labute approximate surface area is 99.5 Å². The van der Waals surface area contributed by atoms with Crippen LogP contribution in [0.15, 0.2) is 35.2 Å². The summed E-state index contributed by atoms with van der Waals surface area (Å²) in [5, 5.41) is -0.183. The van der Waals surface area contributed by atoms with Crippen molar-refractivity contribution in [3.05, 3.63) is 30.3 Å². The van der Waals surface area contributed by atoms with Gasteiger partial charge in [-0.2, -0.15) is 12.7 Å². The quantitative estimate of drug-likeness (QED) is 0.844. The van der Waals surface area contributed by atoms with E-state index >= 15 is 0 Å². The second kappa shape index (κ2) is 4.75. The number of nitrogens with zero attached hydrogens (tertiary/aromatic N) is 1. The molecule has 1 unspecified atom stereocenters. The van der Waals surface area contributed by atoms with E-state index in [0.29, 0.717) is 6.54 Å². The predicted octanol–water partition coefficient (Wildman–Crippen LogP) is 2.00. The van der Waals surface area contributed by atoms with Crippen molar-refractivity contribution in [3.8, 4) is 0 Å². The van der Waals surface area contributed by atoms with Crippen molar-refractivity contribution < 1.29 is 13.0 Å². The Kier molecular flexibility index (Phi) is 3.53. The van der Waals surface area contributed by atoms with E-state index in [1.54, 1.807) is 0 Å². The molecule has 0 amide bonds. The zero-order valence-electron chi connectivity index (χ0n) is 8.61. The second-order valence-electron chi connectivity index (χ2n) is 3.62. The van der Waals surface area contributed by atoms with Gasteiger partial charge in [-0.3, -0.25) is 4.55 Å². The van der Waals surface area contributed by atoms with Gasteiger partial charge in [0.2, 0.25) is 0 Å². The molecule has 1 atom stereocenters. The van der Waals surface area contributed by atoms with Crippen LogP contribution in [0.4, 0.5) is 0 Å². The van der Waals surface area contributed by atoms with Crippen LogP contribution in [0.25, 0.3) is 0 Å². The van der Waals surface area contributed by atoms with Gasteiger partial charge in [0.15, 0.2) is 0 Å². The third kappa shape index (κ3) is 2.76. The minimum absolute atomic E-state index is 0.183. The molecule has 1 fully saturated rings. The SMILES string of the molecule is O=S(=O)(O)N1CCCC1Sc1ccccc1. The maximum Gasteiger partial charge on any atom is 0.336 e. The van der Waals surface area contributed by atoms with E-state index in [-0.39, 0.29) is 5.37 Å². The fourth-order valence-electron chi connectivity index (χ4n) is 1.75. The van der Waals surface area contributed by atoms with Crippen molar-refractivity contribution in [3.63, 3.8) is 0 Å². The molecule has 1 heterocycles. The van der Waals surface area contributed by atoms with E-state index in [1.807, 2.05) is 30.3 Å². The van der Waals surface area contributed by atoms with Crippen LogP contribution >= 0.6 is 11.8 Å². The number of hydrogen-bond acceptors (Lipinski definition) is 3. The summed E-state index contributed by atoms with van der Waals surface area (Å²) in [4.78, 5) is 1.02. The maximum absolute atomic E-state index is 11.1. The van der Waals surface area contributed by atoms with Gasteiger partial charge in [0.05, 0.1) is 5.37 Å². The van der Waals surface area contributed by atoms with Crippen LogP contribution in [0.5, 0.6) is 0 Å². The van der Waals surface area contributed by atoms with Crippen LogP contribution in [0.2, 0.25) is 0 Å². The highest BCUT2D eigenvalue weighted by molar-refractivity contribution is 8.00. The summed E-state index contributed by atoms with van der Waals surface area (Å²) in [5.74, 6) is 0. The van der Waals surface area contributed by atoms with Crippen molar-refractivity contribution in [2.24, 2.45) is 0 Å². The van der Waals surface area contributed by atoms with Crippen molar-refractivity contribution in [1.29, 1.82) is 0 Å². The zero-order chi connectivity index (χ0) is 11.6. The molecule has 1 saturated heterocycles. The molecule has 0 radical (unpaired) electrons. The van der Waals surface area contributed by atoms with Gasteiger partial charge in [-0.05, 0) is 25.0 Å². The predicted molar refractivity (Wildman–Crippen MR) is 63.6 cm³/mol. The molecule has 88 valence electrons. The molecule has 0 bridgehead atoms. The molecule has 1 aromatic rings. The summed E-state index contributed by atoms with van der Waals surface area (Å²) in [7, 11) is -4.06. The largest absolute Gasteiger partial charge is 0.336 e. The fraction of sp³-hybridized carbons (Fsp3) is 0.400. The summed E-state index contributed by atoms with van der Waals surface area (Å²) < 4.78 is 32.4. The van der Waals surface area contributed by atoms with Gasteiger partial charge in [0.1, 0.15) is 0 Å². The number of rotatable bonds is 3. The van der Waals surface area contributed by atoms with E-state index in [2.05, 4.69) is 0 Å². The van der Waals surface area contributed by atoms with Crippen molar-refractivity contribution >= 4 is 22.1 Å². The molecule has 16 heavy (non-hydrogen) atoms. The number of hydrogen-bond donors (Lipinski definition) is 1. The van der Waals surface area contributed by atoms with Gasteiger partial charge in [0.25, 0.3) is 0 Å². The summed E-state index contributed by atoms with van der Waals surface area (Å²) in [6.07, 6.45) is 1.57. The molecule has 1 aromatic carbocycles. The highest BCUT2D eigenvalue weighted by atomic mass is 32.2. The van der Waals surface area contributed by atoms with Gasteiger partial charge < -0.3 is 0 Å². The highest BCUT2D eigenvalue weighted by Gasteiger charge is 2.33. The van der Waals surface area contributed by atoms with Gasteiger partial charge in [-0.25, -0.2) is 0 Å². The average Bonchev–Trinajstić information content (AvgIpc) is 2.67. The summed E-state index contributed by atoms with van der Waals surface area (Å²) in [6, 6.07) is 9.61. The molecule has 1 N–H and O–H groups in total. The molecular weight excluding hydrogens is 246 g/mol. The minimum atomic E-state index is -4.06. The van der Waals surface area contributed by atoms with Gasteiger partial charge in [-0.1, -0.05) is 18.2 Å². The molecule has 0 aromatic heterocycles. The average molecular weight is 259 g/mol. The van der Waals surface area contributed by atoms with Crippen LogP contribution in [-0.4, -0.2) is 29.2 Å². The Morgan fingerprint density at radius 2 is 2.00 bits per heavy atom. The standard InChI is InChI=1S/C10H13NO3S2/c12-16(13,14)11-8-4-7-10(11)15-9-5-2-1-3-6-9/h1-3,5-6,10H,4,7-8H2,(H,12,13,14). The van der Waals surface area contributed by atoms with Crippen LogP contribution in [0.1, 0.15) is 12.8 Å². The first-order chi connectivity index (χ1) is 7.57. The lowest BCUT2D eigenvalue weighted by Crippen LogP contribution is -2.32. The Morgan fingerprint density at radius 3 is 2.62 bits per heavy atom. The summed E-state index contributed by atoms with van der Waals surface area (Å²) >= 11 is 1.47. The van der Waals surface area contributed by atoms with Crippen molar-refractivity contribution in [2.75, 3.05) is 6.54 Å². The number of thioether (sulfide) groups is 1. The van der Waals surface area contributed by atoms with E-state index in [4.69, 9.17) is 4.55 Å². The minimum Gasteiger partial charge on any atom is -0.273 e. The Morgan fingerprint density at radius 1 is 1.31 bits per heavy atom. The third-order valence-electron chi connectivity index (χ3n) is 2.46. The molecule has 6 heteroatoms. The Balaban J connectivity index is 2.11. The maximum atomic E-state index is 11.1. The summed E-state index contributed by atoms with van der Waals surface area (Å²) in [6.45, 7) is 0.406. The molecular formula is C10H13NO3S2.